The molecule has 0 aromatic carbocycles. The van der Waals surface area contributed by atoms with Crippen LogP contribution in [-0.2, 0) is 44.6 Å². The molecule has 1 saturated carbocycles. The van der Waals surface area contributed by atoms with Gasteiger partial charge in [-0.2, -0.15) is 17.2 Å². The van der Waals surface area contributed by atoms with E-state index in [-0.39, 0.29) is 29.6 Å². The zero-order chi connectivity index (χ0) is 26.4. The van der Waals surface area contributed by atoms with Gasteiger partial charge in [0.1, 0.15) is 30.5 Å². The van der Waals surface area contributed by atoms with Crippen LogP contribution in [0.1, 0.15) is 0 Å². The quantitative estimate of drug-likeness (QED) is 0.0621. The first-order valence-corrected chi connectivity index (χ1v) is 14.9. The first kappa shape index (κ1) is 35.5. The van der Waals surface area contributed by atoms with Crippen LogP contribution in [0.15, 0.2) is 0 Å². The Labute approximate surface area is 209 Å². The molecule has 0 amide bonds. The summed E-state index contributed by atoms with van der Waals surface area (Å²) in [4.78, 5) is 53.5. The van der Waals surface area contributed by atoms with Gasteiger partial charge < -0.3 is 60.0 Å². The zero-order valence-corrected chi connectivity index (χ0v) is 19.5. The summed E-state index contributed by atoms with van der Waals surface area (Å²) < 4.78 is 73.6. The Morgan fingerprint density at radius 2 is 0.824 bits per heavy atom. The zero-order valence-electron chi connectivity index (χ0n) is 15.1. The summed E-state index contributed by atoms with van der Waals surface area (Å²) in [6.07, 6.45) is -13.2. The summed E-state index contributed by atoms with van der Waals surface area (Å²) in [6, 6.07) is 0. The van der Waals surface area contributed by atoms with E-state index in [1.165, 1.54) is 0 Å². The van der Waals surface area contributed by atoms with Crippen LogP contribution in [0.2, 0.25) is 0 Å². The van der Waals surface area contributed by atoms with Crippen molar-refractivity contribution in [3.8, 4) is 0 Å². The average Bonchev–Trinajstić information content (AvgIpc) is 2.50. The molecule has 1 aliphatic rings. The van der Waals surface area contributed by atoms with Crippen LogP contribution in [-0.4, -0.2) is 126 Å². The fraction of sp³-hybridized carbons (Fsp3) is 1.00. The van der Waals surface area contributed by atoms with Crippen LogP contribution in [0, 0.1) is 0 Å². The van der Waals surface area contributed by atoms with Gasteiger partial charge in [0.2, 0.25) is 5.79 Å². The molecule has 10 atom stereocenters. The van der Waals surface area contributed by atoms with Gasteiger partial charge in [0.25, 0.3) is 0 Å². The number of hydrogen-bond acceptors (Lipinski definition) is 16. The SMILES string of the molecule is O=P(O)(O)OP(=O)(O)OP(=O)(O)OP(=O)(O)OP(=O)(O)O[C@]1(O)[C@H](O)[C@H](O)[C@@H](O)[C@H](O)[C@H]1O.[NaH]. The van der Waals surface area contributed by atoms with Crippen LogP contribution >= 0.6 is 39.1 Å². The molecule has 28 heteroatoms. The van der Waals surface area contributed by atoms with Crippen molar-refractivity contribution in [3.63, 3.8) is 0 Å². The molecule has 1 aliphatic carbocycles. The summed E-state index contributed by atoms with van der Waals surface area (Å²) in [5.74, 6) is -3.90. The van der Waals surface area contributed by atoms with Crippen molar-refractivity contribution >= 4 is 68.7 Å². The van der Waals surface area contributed by atoms with Gasteiger partial charge in [0, 0.05) is 0 Å². The normalized spacial score (nSPS) is 37.4. The molecule has 34 heavy (non-hydrogen) atoms. The van der Waals surface area contributed by atoms with Gasteiger partial charge in [-0.15, -0.1) is 0 Å². The van der Waals surface area contributed by atoms with Gasteiger partial charge >= 0.3 is 68.7 Å². The van der Waals surface area contributed by atoms with E-state index in [2.05, 4.69) is 21.8 Å². The van der Waals surface area contributed by atoms with Crippen LogP contribution < -0.4 is 0 Å². The van der Waals surface area contributed by atoms with E-state index < -0.39 is 75.4 Å². The molecule has 0 heterocycles. The van der Waals surface area contributed by atoms with Gasteiger partial charge in [-0.3, -0.25) is 0 Å². The third-order valence-corrected chi connectivity index (χ3v) is 10.4. The molecule has 0 aliphatic heterocycles. The summed E-state index contributed by atoms with van der Waals surface area (Å²) in [5, 5.41) is 57.7. The van der Waals surface area contributed by atoms with Gasteiger partial charge in [-0.1, -0.05) is 0 Å². The van der Waals surface area contributed by atoms with Crippen LogP contribution in [0.3, 0.4) is 0 Å². The molecule has 0 saturated heterocycles. The number of hydrogen-bond donors (Lipinski definition) is 12. The van der Waals surface area contributed by atoms with Crippen LogP contribution in [0.25, 0.3) is 0 Å². The third kappa shape index (κ3) is 9.98. The van der Waals surface area contributed by atoms with E-state index in [4.69, 9.17) is 19.6 Å². The maximum absolute atomic E-state index is 11.9. The molecule has 1 rings (SSSR count). The number of phosphoric ester groups is 1. The molecule has 0 bridgehead atoms. The first-order chi connectivity index (χ1) is 14.3. The fourth-order valence-corrected chi connectivity index (χ4v) is 8.21. The van der Waals surface area contributed by atoms with Crippen molar-refractivity contribution < 1.29 is 105 Å². The van der Waals surface area contributed by atoms with Gasteiger partial charge in [-0.05, 0) is 0 Å². The number of aliphatic hydroxyl groups excluding tert-OH is 5. The molecule has 0 radical (unpaired) electrons. The topological polar surface area (TPSA) is 374 Å². The summed E-state index contributed by atoms with van der Waals surface area (Å²) in [7, 11) is -31.2. The minimum absolute atomic E-state index is 0. The maximum atomic E-state index is 11.9. The van der Waals surface area contributed by atoms with E-state index in [9.17, 15) is 63.3 Å². The molecule has 0 aromatic rings. The van der Waals surface area contributed by atoms with E-state index >= 15 is 0 Å². The monoisotopic (exact) mass is 620 g/mol. The molecule has 12 N–H and O–H groups in total. The van der Waals surface area contributed by atoms with E-state index in [1.807, 2.05) is 0 Å². The van der Waals surface area contributed by atoms with Gasteiger partial charge in [-0.25, -0.2) is 27.3 Å². The number of aliphatic hydroxyl groups is 6. The molecule has 0 aromatic heterocycles. The Balaban J connectivity index is 0.0000109. The Morgan fingerprint density at radius 3 is 1.15 bits per heavy atom. The van der Waals surface area contributed by atoms with Crippen molar-refractivity contribution in [2.45, 2.75) is 36.3 Å². The molecule has 22 nitrogen and oxygen atoms in total. The third-order valence-electron chi connectivity index (χ3n) is 3.28. The molecular formula is C6H18NaO22P5. The predicted molar refractivity (Wildman–Crippen MR) is 98.9 cm³/mol. The van der Waals surface area contributed by atoms with Crippen molar-refractivity contribution in [3.05, 3.63) is 0 Å². The number of phosphoric acid groups is 5. The summed E-state index contributed by atoms with van der Waals surface area (Å²) >= 11 is 0. The Hall–Kier alpha value is 1.47. The summed E-state index contributed by atoms with van der Waals surface area (Å²) in [6.45, 7) is 0. The number of rotatable bonds is 10. The van der Waals surface area contributed by atoms with Crippen molar-refractivity contribution in [1.29, 1.82) is 0 Å². The molecule has 1 fully saturated rings. The Kier molecular flexibility index (Phi) is 12.2. The first-order valence-electron chi connectivity index (χ1n) is 7.39. The van der Waals surface area contributed by atoms with Crippen molar-refractivity contribution in [1.82, 2.24) is 0 Å². The Bertz CT molecular complexity index is 943. The second kappa shape index (κ2) is 11.7. The molecule has 200 valence electrons. The molecular weight excluding hydrogens is 602 g/mol. The standard InChI is InChI=1S/C6H17O22P5.Na.H/c7-1-2(8)4(10)6(12,5(11)3(1)9)24-30(16,17)26-32(20,21)28-33(22,23)27-31(18,19)25-29(13,14)15;;/h1-5,7-12H,(H,16,17)(H,18,19)(H,20,21)(H,22,23)(H2,13,14,15);;/t1-,2-,3+,4-,5-,6-;;/m1../s1. The molecule has 4 unspecified atom stereocenters. The predicted octanol–water partition coefficient (Wildman–Crippen LogP) is -4.58. The van der Waals surface area contributed by atoms with E-state index in [0.29, 0.717) is 0 Å². The van der Waals surface area contributed by atoms with Crippen LogP contribution in [0.5, 0.6) is 0 Å². The Morgan fingerprint density at radius 1 is 0.529 bits per heavy atom. The second-order valence-corrected chi connectivity index (χ2v) is 13.4. The van der Waals surface area contributed by atoms with Gasteiger partial charge in [0.05, 0.1) is 0 Å². The summed E-state index contributed by atoms with van der Waals surface area (Å²) in [5.41, 5.74) is 0. The van der Waals surface area contributed by atoms with Crippen LogP contribution in [0.4, 0.5) is 0 Å². The fourth-order valence-electron chi connectivity index (χ4n) is 2.12. The van der Waals surface area contributed by atoms with Crippen molar-refractivity contribution in [2.75, 3.05) is 0 Å². The van der Waals surface area contributed by atoms with Gasteiger partial charge in [0.15, 0.2) is 0 Å². The van der Waals surface area contributed by atoms with Crippen molar-refractivity contribution in [2.24, 2.45) is 0 Å². The minimum atomic E-state index is -6.46. The molecule has 0 spiro atoms. The van der Waals surface area contributed by atoms with E-state index in [0.717, 1.165) is 0 Å². The average molecular weight is 620 g/mol. The second-order valence-electron chi connectivity index (χ2n) is 5.90. The van der Waals surface area contributed by atoms with E-state index in [1.54, 1.807) is 0 Å².